The molecule has 0 bridgehead atoms. The summed E-state index contributed by atoms with van der Waals surface area (Å²) in [5.41, 5.74) is 4.36. The van der Waals surface area contributed by atoms with E-state index < -0.39 is 0 Å². The summed E-state index contributed by atoms with van der Waals surface area (Å²) in [6.07, 6.45) is 0. The third-order valence-electron chi connectivity index (χ3n) is 3.07. The fourth-order valence-corrected chi connectivity index (χ4v) is 2.55. The number of anilines is 1. The normalized spacial score (nSPS) is 11.1. The first-order valence-electron chi connectivity index (χ1n) is 6.84. The van der Waals surface area contributed by atoms with Crippen molar-refractivity contribution in [1.29, 1.82) is 0 Å². The highest BCUT2D eigenvalue weighted by atomic mass is 35.5. The Morgan fingerprint density at radius 3 is 2.71 bits per heavy atom. The highest BCUT2D eigenvalue weighted by Crippen LogP contribution is 2.31. The lowest BCUT2D eigenvalue weighted by Gasteiger charge is -2.10. The van der Waals surface area contributed by atoms with E-state index in [9.17, 15) is 5.11 Å². The number of rotatable bonds is 4. The smallest absolute Gasteiger partial charge is 0.191 e. The fraction of sp³-hybridized carbons (Fsp3) is 0.125. The number of nitrogens with zero attached hydrogens (tertiary/aromatic N) is 1. The van der Waals surface area contributed by atoms with E-state index in [0.29, 0.717) is 22.0 Å². The number of thiocarbonyl (C=S) groups is 1. The minimum atomic E-state index is -0.0872. The fourth-order valence-electron chi connectivity index (χ4n) is 1.90. The van der Waals surface area contributed by atoms with Gasteiger partial charge in [-0.2, -0.15) is 5.10 Å². The van der Waals surface area contributed by atoms with Gasteiger partial charge in [0, 0.05) is 22.3 Å². The molecule has 2 aromatic carbocycles. The highest BCUT2D eigenvalue weighted by Gasteiger charge is 2.10. The molecule has 0 saturated heterocycles. The summed E-state index contributed by atoms with van der Waals surface area (Å²) >= 11 is 17.0. The molecule has 2 rings (SSSR count). The SMILES string of the molecule is COc1cccc(NC(=S)N/N=C(\C)c2cc(Cl)cc(Cl)c2O)c1. The van der Waals surface area contributed by atoms with Crippen molar-refractivity contribution in [3.05, 3.63) is 52.0 Å². The van der Waals surface area contributed by atoms with Crippen molar-refractivity contribution in [2.24, 2.45) is 5.10 Å². The lowest BCUT2D eigenvalue weighted by atomic mass is 10.1. The average molecular weight is 384 g/mol. The number of hydrogen-bond acceptors (Lipinski definition) is 4. The first kappa shape index (κ1) is 18.3. The summed E-state index contributed by atoms with van der Waals surface area (Å²) in [4.78, 5) is 0. The van der Waals surface area contributed by atoms with Crippen molar-refractivity contribution in [2.75, 3.05) is 12.4 Å². The number of aromatic hydroxyl groups is 1. The van der Waals surface area contributed by atoms with Gasteiger partial charge in [0.25, 0.3) is 0 Å². The van der Waals surface area contributed by atoms with Crippen LogP contribution >= 0.6 is 35.4 Å². The maximum absolute atomic E-state index is 9.99. The van der Waals surface area contributed by atoms with Crippen molar-refractivity contribution in [1.82, 2.24) is 5.43 Å². The number of hydrazone groups is 1. The summed E-state index contributed by atoms with van der Waals surface area (Å²) in [6, 6.07) is 10.3. The van der Waals surface area contributed by atoms with Gasteiger partial charge in [-0.15, -0.1) is 0 Å². The summed E-state index contributed by atoms with van der Waals surface area (Å²) < 4.78 is 5.14. The molecule has 8 heteroatoms. The molecule has 24 heavy (non-hydrogen) atoms. The van der Waals surface area contributed by atoms with E-state index in [1.807, 2.05) is 18.2 Å². The predicted molar refractivity (Wildman–Crippen MR) is 103 cm³/mol. The van der Waals surface area contributed by atoms with Crippen molar-refractivity contribution in [2.45, 2.75) is 6.92 Å². The number of ether oxygens (including phenoxy) is 1. The zero-order chi connectivity index (χ0) is 17.7. The minimum absolute atomic E-state index is 0.0872. The molecule has 0 unspecified atom stereocenters. The standard InChI is InChI=1S/C16H15Cl2N3O2S/c1-9(13-6-10(17)7-14(18)15(13)22)20-21-16(24)19-11-4-3-5-12(8-11)23-2/h3-8,22H,1-2H3,(H2,19,21,24)/b20-9+. The second-order valence-electron chi connectivity index (χ2n) is 4.78. The second-order valence-corrected chi connectivity index (χ2v) is 6.03. The van der Waals surface area contributed by atoms with Crippen LogP contribution in [0.3, 0.4) is 0 Å². The Balaban J connectivity index is 2.08. The van der Waals surface area contributed by atoms with Gasteiger partial charge < -0.3 is 15.2 Å². The van der Waals surface area contributed by atoms with E-state index in [4.69, 9.17) is 40.2 Å². The zero-order valence-electron chi connectivity index (χ0n) is 12.9. The Labute approximate surface area is 155 Å². The Morgan fingerprint density at radius 1 is 1.25 bits per heavy atom. The molecular weight excluding hydrogens is 369 g/mol. The molecule has 5 nitrogen and oxygen atoms in total. The molecule has 0 heterocycles. The number of benzene rings is 2. The topological polar surface area (TPSA) is 65.9 Å². The van der Waals surface area contributed by atoms with E-state index >= 15 is 0 Å². The van der Waals surface area contributed by atoms with Crippen LogP contribution in [0.15, 0.2) is 41.5 Å². The van der Waals surface area contributed by atoms with Gasteiger partial charge in [0.2, 0.25) is 0 Å². The largest absolute Gasteiger partial charge is 0.506 e. The van der Waals surface area contributed by atoms with Gasteiger partial charge in [0.15, 0.2) is 5.11 Å². The number of phenols is 1. The van der Waals surface area contributed by atoms with E-state index in [1.165, 1.54) is 6.07 Å². The van der Waals surface area contributed by atoms with Gasteiger partial charge in [0.05, 0.1) is 17.8 Å². The minimum Gasteiger partial charge on any atom is -0.506 e. The molecule has 0 atom stereocenters. The number of nitrogens with one attached hydrogen (secondary N) is 2. The molecule has 3 N–H and O–H groups in total. The molecule has 0 aliphatic rings. The van der Waals surface area contributed by atoms with Crippen molar-refractivity contribution < 1.29 is 9.84 Å². The maximum atomic E-state index is 9.99. The molecule has 0 spiro atoms. The Bertz CT molecular complexity index is 797. The van der Waals surface area contributed by atoms with Crippen molar-refractivity contribution in [3.63, 3.8) is 0 Å². The Kier molecular flexibility index (Phi) is 6.25. The molecular formula is C16H15Cl2N3O2S. The van der Waals surface area contributed by atoms with Gasteiger partial charge in [-0.1, -0.05) is 29.3 Å². The van der Waals surface area contributed by atoms with Gasteiger partial charge in [0.1, 0.15) is 11.5 Å². The van der Waals surface area contributed by atoms with Crippen molar-refractivity contribution >= 4 is 51.9 Å². The zero-order valence-corrected chi connectivity index (χ0v) is 15.3. The molecule has 0 fully saturated rings. The van der Waals surface area contributed by atoms with Gasteiger partial charge in [-0.3, -0.25) is 5.43 Å². The molecule has 0 aromatic heterocycles. The van der Waals surface area contributed by atoms with Crippen LogP contribution in [0.25, 0.3) is 0 Å². The molecule has 0 amide bonds. The van der Waals surface area contributed by atoms with Crippen LogP contribution in [0.5, 0.6) is 11.5 Å². The average Bonchev–Trinajstić information content (AvgIpc) is 2.56. The summed E-state index contributed by atoms with van der Waals surface area (Å²) in [7, 11) is 1.59. The van der Waals surface area contributed by atoms with E-state index in [-0.39, 0.29) is 15.9 Å². The second kappa shape index (κ2) is 8.19. The first-order chi connectivity index (χ1) is 11.4. The number of phenolic OH excluding ortho intramolecular Hbond substituents is 1. The third-order valence-corrected chi connectivity index (χ3v) is 3.77. The van der Waals surface area contributed by atoms with E-state index in [2.05, 4.69) is 15.8 Å². The van der Waals surface area contributed by atoms with Crippen LogP contribution < -0.4 is 15.5 Å². The van der Waals surface area contributed by atoms with Gasteiger partial charge in [-0.25, -0.2) is 0 Å². The van der Waals surface area contributed by atoms with Crippen LogP contribution in [0.2, 0.25) is 10.0 Å². The lowest BCUT2D eigenvalue weighted by Crippen LogP contribution is -2.25. The van der Waals surface area contributed by atoms with E-state index in [0.717, 1.165) is 5.69 Å². The third kappa shape index (κ3) is 4.74. The molecule has 0 aliphatic heterocycles. The van der Waals surface area contributed by atoms with Gasteiger partial charge in [-0.05, 0) is 43.4 Å². The molecule has 0 saturated carbocycles. The number of methoxy groups -OCH3 is 1. The monoisotopic (exact) mass is 383 g/mol. The molecule has 2 aromatic rings. The first-order valence-corrected chi connectivity index (χ1v) is 8.01. The molecule has 126 valence electrons. The predicted octanol–water partition coefficient (Wildman–Crippen LogP) is 4.42. The lowest BCUT2D eigenvalue weighted by molar-refractivity contribution is 0.415. The van der Waals surface area contributed by atoms with Crippen LogP contribution in [0.4, 0.5) is 5.69 Å². The van der Waals surface area contributed by atoms with Gasteiger partial charge >= 0.3 is 0 Å². The summed E-state index contributed by atoms with van der Waals surface area (Å²) in [5.74, 6) is 0.622. The molecule has 0 radical (unpaired) electrons. The molecule has 0 aliphatic carbocycles. The van der Waals surface area contributed by atoms with Crippen LogP contribution in [0, 0.1) is 0 Å². The van der Waals surface area contributed by atoms with Crippen LogP contribution in [-0.4, -0.2) is 23.0 Å². The Morgan fingerprint density at radius 2 is 2.00 bits per heavy atom. The summed E-state index contributed by atoms with van der Waals surface area (Å²) in [5, 5.41) is 17.9. The number of hydrogen-bond donors (Lipinski definition) is 3. The van der Waals surface area contributed by atoms with Crippen LogP contribution in [-0.2, 0) is 0 Å². The Hall–Kier alpha value is -2.02. The quantitative estimate of drug-likeness (QED) is 0.414. The summed E-state index contributed by atoms with van der Waals surface area (Å²) in [6.45, 7) is 1.70. The van der Waals surface area contributed by atoms with E-state index in [1.54, 1.807) is 26.2 Å². The maximum Gasteiger partial charge on any atom is 0.191 e. The van der Waals surface area contributed by atoms with Crippen LogP contribution in [0.1, 0.15) is 12.5 Å². The number of halogens is 2. The highest BCUT2D eigenvalue weighted by molar-refractivity contribution is 7.80. The van der Waals surface area contributed by atoms with Crippen molar-refractivity contribution in [3.8, 4) is 11.5 Å².